The van der Waals surface area contributed by atoms with Crippen LogP contribution < -0.4 is 9.47 Å². The summed E-state index contributed by atoms with van der Waals surface area (Å²) in [6, 6.07) is 7.79. The van der Waals surface area contributed by atoms with Crippen molar-refractivity contribution >= 4 is 11.9 Å². The Morgan fingerprint density at radius 3 is 2.48 bits per heavy atom. The SMILES string of the molecule is COc1cc(O)c(/C=C\C(C)(C)O)c2c1C(=O)C[C@H](c1ccc(O)cc1)O2. The van der Waals surface area contributed by atoms with Gasteiger partial charge in [-0.15, -0.1) is 0 Å². The number of aliphatic hydroxyl groups is 1. The van der Waals surface area contributed by atoms with Crippen molar-refractivity contribution in [1.29, 1.82) is 0 Å². The molecule has 0 saturated carbocycles. The molecule has 0 radical (unpaired) electrons. The summed E-state index contributed by atoms with van der Waals surface area (Å²) in [6.45, 7) is 3.20. The van der Waals surface area contributed by atoms with Crippen molar-refractivity contribution in [3.63, 3.8) is 0 Å². The number of hydrogen-bond donors (Lipinski definition) is 3. The highest BCUT2D eigenvalue weighted by atomic mass is 16.5. The minimum Gasteiger partial charge on any atom is -0.508 e. The molecule has 6 heteroatoms. The quantitative estimate of drug-likeness (QED) is 0.761. The van der Waals surface area contributed by atoms with E-state index in [-0.39, 0.29) is 40.8 Å². The summed E-state index contributed by atoms with van der Waals surface area (Å²) in [7, 11) is 1.42. The molecule has 0 spiro atoms. The van der Waals surface area contributed by atoms with E-state index in [0.29, 0.717) is 5.56 Å². The zero-order valence-electron chi connectivity index (χ0n) is 15.4. The second-order valence-corrected chi connectivity index (χ2v) is 7.03. The number of carbonyl (C=O) groups excluding carboxylic acids is 1. The minimum atomic E-state index is -1.10. The number of ketones is 1. The van der Waals surface area contributed by atoms with Gasteiger partial charge in [-0.05, 0) is 37.6 Å². The number of ether oxygens (including phenoxy) is 2. The van der Waals surface area contributed by atoms with Crippen LogP contribution in [0.25, 0.3) is 6.08 Å². The molecule has 1 atom stereocenters. The van der Waals surface area contributed by atoms with Crippen LogP contribution in [0.1, 0.15) is 47.9 Å². The van der Waals surface area contributed by atoms with E-state index in [1.165, 1.54) is 37.5 Å². The minimum absolute atomic E-state index is 0.105. The van der Waals surface area contributed by atoms with Crippen molar-refractivity contribution in [2.24, 2.45) is 0 Å². The molecule has 2 aromatic carbocycles. The first-order chi connectivity index (χ1) is 12.7. The van der Waals surface area contributed by atoms with Gasteiger partial charge >= 0.3 is 0 Å². The molecule has 0 saturated heterocycles. The van der Waals surface area contributed by atoms with Crippen LogP contribution in [0.3, 0.4) is 0 Å². The van der Waals surface area contributed by atoms with E-state index in [1.54, 1.807) is 26.0 Å². The monoisotopic (exact) mass is 370 g/mol. The Morgan fingerprint density at radius 2 is 1.89 bits per heavy atom. The molecule has 142 valence electrons. The predicted octanol–water partition coefficient (Wildman–Crippen LogP) is 3.60. The summed E-state index contributed by atoms with van der Waals surface area (Å²) >= 11 is 0. The maximum atomic E-state index is 12.8. The Balaban J connectivity index is 2.12. The number of carbonyl (C=O) groups is 1. The van der Waals surface area contributed by atoms with Crippen molar-refractivity contribution < 1.29 is 29.6 Å². The molecule has 3 rings (SSSR count). The topological polar surface area (TPSA) is 96.2 Å². The van der Waals surface area contributed by atoms with Gasteiger partial charge in [0.15, 0.2) is 5.78 Å². The zero-order valence-corrected chi connectivity index (χ0v) is 15.4. The number of fused-ring (bicyclic) bond motifs is 1. The zero-order chi connectivity index (χ0) is 19.8. The first kappa shape index (κ1) is 18.8. The Labute approximate surface area is 157 Å². The van der Waals surface area contributed by atoms with E-state index in [1.807, 2.05) is 0 Å². The van der Waals surface area contributed by atoms with E-state index < -0.39 is 11.7 Å². The summed E-state index contributed by atoms with van der Waals surface area (Å²) in [6.07, 6.45) is 2.58. The normalized spacial score (nSPS) is 16.9. The lowest BCUT2D eigenvalue weighted by Gasteiger charge is -2.28. The predicted molar refractivity (Wildman–Crippen MR) is 100 cm³/mol. The van der Waals surface area contributed by atoms with Crippen LogP contribution in [0.2, 0.25) is 0 Å². The lowest BCUT2D eigenvalue weighted by molar-refractivity contribution is 0.0843. The average molecular weight is 370 g/mol. The van der Waals surface area contributed by atoms with Gasteiger partial charge in [0.05, 0.1) is 24.7 Å². The molecular weight excluding hydrogens is 348 g/mol. The van der Waals surface area contributed by atoms with Crippen LogP contribution in [-0.2, 0) is 0 Å². The molecule has 0 unspecified atom stereocenters. The van der Waals surface area contributed by atoms with Crippen LogP contribution >= 0.6 is 0 Å². The van der Waals surface area contributed by atoms with Gasteiger partial charge in [-0.25, -0.2) is 0 Å². The molecule has 1 aliphatic heterocycles. The molecule has 0 aliphatic carbocycles. The Morgan fingerprint density at radius 1 is 1.22 bits per heavy atom. The second-order valence-electron chi connectivity index (χ2n) is 7.03. The molecule has 0 fully saturated rings. The highest BCUT2D eigenvalue weighted by molar-refractivity contribution is 6.04. The molecular formula is C21H22O6. The van der Waals surface area contributed by atoms with E-state index in [2.05, 4.69) is 0 Å². The van der Waals surface area contributed by atoms with Gasteiger partial charge in [-0.3, -0.25) is 4.79 Å². The van der Waals surface area contributed by atoms with Crippen LogP contribution in [-0.4, -0.2) is 33.8 Å². The Bertz CT molecular complexity index is 890. The highest BCUT2D eigenvalue weighted by Crippen LogP contribution is 2.46. The van der Waals surface area contributed by atoms with Gasteiger partial charge in [-0.2, -0.15) is 0 Å². The number of aromatic hydroxyl groups is 2. The lowest BCUT2D eigenvalue weighted by atomic mass is 9.92. The van der Waals surface area contributed by atoms with Gasteiger partial charge in [0.2, 0.25) is 0 Å². The third kappa shape index (κ3) is 3.90. The number of methoxy groups -OCH3 is 1. The van der Waals surface area contributed by atoms with Crippen molar-refractivity contribution in [2.45, 2.75) is 32.0 Å². The standard InChI is InChI=1S/C21H22O6/c1-21(2,25)9-8-14-15(23)10-18(26-3)19-16(24)11-17(27-20(14)19)12-4-6-13(22)7-5-12/h4-10,17,22-23,25H,11H2,1-3H3/b9-8-/t17-/m1/s1. The van der Waals surface area contributed by atoms with Crippen molar-refractivity contribution in [3.8, 4) is 23.0 Å². The van der Waals surface area contributed by atoms with Crippen LogP contribution in [0.5, 0.6) is 23.0 Å². The van der Waals surface area contributed by atoms with E-state index in [0.717, 1.165) is 5.56 Å². The number of Topliss-reactive ketones (excluding diaryl/α,β-unsaturated/α-hetero) is 1. The third-order valence-corrected chi connectivity index (χ3v) is 4.31. The number of benzene rings is 2. The third-order valence-electron chi connectivity index (χ3n) is 4.31. The Kier molecular flexibility index (Phi) is 4.85. The van der Waals surface area contributed by atoms with Crippen molar-refractivity contribution in [3.05, 3.63) is 53.1 Å². The summed E-state index contributed by atoms with van der Waals surface area (Å²) in [4.78, 5) is 12.8. The average Bonchev–Trinajstić information content (AvgIpc) is 2.59. The first-order valence-corrected chi connectivity index (χ1v) is 8.54. The van der Waals surface area contributed by atoms with Crippen LogP contribution in [0, 0.1) is 0 Å². The largest absolute Gasteiger partial charge is 0.508 e. The second kappa shape index (κ2) is 6.96. The Hall–Kier alpha value is -2.99. The van der Waals surface area contributed by atoms with Gasteiger partial charge < -0.3 is 24.8 Å². The maximum Gasteiger partial charge on any atom is 0.174 e. The molecule has 2 aromatic rings. The first-order valence-electron chi connectivity index (χ1n) is 8.54. The van der Waals surface area contributed by atoms with Crippen molar-refractivity contribution in [2.75, 3.05) is 7.11 Å². The van der Waals surface area contributed by atoms with Gasteiger partial charge in [0, 0.05) is 6.07 Å². The van der Waals surface area contributed by atoms with E-state index in [4.69, 9.17) is 9.47 Å². The molecule has 1 heterocycles. The molecule has 0 aromatic heterocycles. The van der Waals surface area contributed by atoms with E-state index in [9.17, 15) is 20.1 Å². The highest BCUT2D eigenvalue weighted by Gasteiger charge is 2.33. The smallest absolute Gasteiger partial charge is 0.174 e. The summed E-state index contributed by atoms with van der Waals surface area (Å²) < 4.78 is 11.3. The summed E-state index contributed by atoms with van der Waals surface area (Å²) in [5.41, 5.74) is 0.186. The fourth-order valence-electron chi connectivity index (χ4n) is 2.96. The number of rotatable bonds is 4. The lowest BCUT2D eigenvalue weighted by Crippen LogP contribution is -2.22. The molecule has 6 nitrogen and oxygen atoms in total. The van der Waals surface area contributed by atoms with Crippen LogP contribution in [0.15, 0.2) is 36.4 Å². The fraction of sp³-hybridized carbons (Fsp3) is 0.286. The summed E-state index contributed by atoms with van der Waals surface area (Å²) in [5.74, 6) is 0.266. The molecule has 1 aliphatic rings. The van der Waals surface area contributed by atoms with Gasteiger partial charge in [0.1, 0.15) is 34.7 Å². The fourth-order valence-corrected chi connectivity index (χ4v) is 2.96. The van der Waals surface area contributed by atoms with Crippen molar-refractivity contribution in [1.82, 2.24) is 0 Å². The molecule has 0 amide bonds. The van der Waals surface area contributed by atoms with E-state index >= 15 is 0 Å². The van der Waals surface area contributed by atoms with Crippen LogP contribution in [0.4, 0.5) is 0 Å². The summed E-state index contributed by atoms with van der Waals surface area (Å²) in [5, 5.41) is 29.8. The molecule has 27 heavy (non-hydrogen) atoms. The number of phenols is 2. The van der Waals surface area contributed by atoms with Gasteiger partial charge in [-0.1, -0.05) is 18.2 Å². The number of hydrogen-bond acceptors (Lipinski definition) is 6. The van der Waals surface area contributed by atoms with Gasteiger partial charge in [0.25, 0.3) is 0 Å². The number of phenolic OH excluding ortho intramolecular Hbond substituents is 2. The molecule has 3 N–H and O–H groups in total. The maximum absolute atomic E-state index is 12.8. The molecule has 0 bridgehead atoms.